The molecule has 0 aliphatic rings. The van der Waals surface area contributed by atoms with Crippen LogP contribution in [0.25, 0.3) is 0 Å². The van der Waals surface area contributed by atoms with E-state index in [-0.39, 0.29) is 5.92 Å². The van der Waals surface area contributed by atoms with Gasteiger partial charge in [-0.25, -0.2) is 0 Å². The third-order valence-electron chi connectivity index (χ3n) is 1.14. The topological polar surface area (TPSA) is 80.4 Å². The number of aliphatic hydroxyl groups excluding tert-OH is 1. The molecule has 0 saturated carbocycles. The first kappa shape index (κ1) is 9.10. The molecule has 0 aliphatic heterocycles. The quantitative estimate of drug-likeness (QED) is 0.503. The molecule has 1 unspecified atom stereocenters. The van der Waals surface area contributed by atoms with Crippen molar-refractivity contribution in [3.05, 3.63) is 0 Å². The van der Waals surface area contributed by atoms with Gasteiger partial charge < -0.3 is 10.8 Å². The molecule has 4 nitrogen and oxygen atoms in total. The summed E-state index contributed by atoms with van der Waals surface area (Å²) >= 11 is 0. The van der Waals surface area contributed by atoms with E-state index in [2.05, 4.69) is 5.73 Å². The van der Waals surface area contributed by atoms with Crippen LogP contribution in [0.1, 0.15) is 13.8 Å². The zero-order valence-corrected chi connectivity index (χ0v) is 6.00. The lowest BCUT2D eigenvalue weighted by Crippen LogP contribution is -2.36. The van der Waals surface area contributed by atoms with E-state index in [0.29, 0.717) is 0 Å². The molecule has 1 amide bonds. The van der Waals surface area contributed by atoms with Crippen LogP contribution >= 0.6 is 0 Å². The van der Waals surface area contributed by atoms with Gasteiger partial charge in [0.25, 0.3) is 5.91 Å². The first-order chi connectivity index (χ1) is 4.46. The maximum Gasteiger partial charge on any atom is 0.287 e. The molecule has 0 saturated heterocycles. The molecule has 0 aromatic rings. The number of carbonyl (C=O) groups is 2. The Balaban J connectivity index is 4.08. The molecule has 0 bridgehead atoms. The number of amides is 1. The summed E-state index contributed by atoms with van der Waals surface area (Å²) < 4.78 is 0. The van der Waals surface area contributed by atoms with Gasteiger partial charge >= 0.3 is 0 Å². The van der Waals surface area contributed by atoms with Gasteiger partial charge in [-0.2, -0.15) is 0 Å². The number of nitrogens with two attached hydrogens (primary N) is 1. The Morgan fingerprint density at radius 3 is 1.90 bits per heavy atom. The fourth-order valence-corrected chi connectivity index (χ4v) is 0.449. The van der Waals surface area contributed by atoms with Crippen LogP contribution in [0.5, 0.6) is 0 Å². The Hall–Kier alpha value is -0.900. The Bertz CT molecular complexity index is 153. The largest absolute Gasteiger partial charge is 0.384 e. The molecule has 0 heterocycles. The maximum absolute atomic E-state index is 10.6. The maximum atomic E-state index is 10.6. The van der Waals surface area contributed by atoms with Crippen LogP contribution in [0.2, 0.25) is 0 Å². The highest BCUT2D eigenvalue weighted by Crippen LogP contribution is 2.00. The lowest BCUT2D eigenvalue weighted by molar-refractivity contribution is -0.142. The summed E-state index contributed by atoms with van der Waals surface area (Å²) in [6.07, 6.45) is -1.25. The Labute approximate surface area is 59.0 Å². The molecule has 58 valence electrons. The average Bonchev–Trinajstić information content (AvgIpc) is 1.84. The second kappa shape index (κ2) is 3.31. The summed E-state index contributed by atoms with van der Waals surface area (Å²) in [7, 11) is 0. The monoisotopic (exact) mass is 145 g/mol. The van der Waals surface area contributed by atoms with Crippen LogP contribution in [0.4, 0.5) is 0 Å². The van der Waals surface area contributed by atoms with Gasteiger partial charge in [-0.1, -0.05) is 13.8 Å². The van der Waals surface area contributed by atoms with Crippen molar-refractivity contribution >= 4 is 11.7 Å². The van der Waals surface area contributed by atoms with Crippen LogP contribution < -0.4 is 5.73 Å². The van der Waals surface area contributed by atoms with Crippen molar-refractivity contribution in [2.45, 2.75) is 20.0 Å². The minimum atomic E-state index is -1.25. The lowest BCUT2D eigenvalue weighted by Gasteiger charge is -2.09. The number of aliphatic hydroxyl groups is 1. The fourth-order valence-electron chi connectivity index (χ4n) is 0.449. The highest BCUT2D eigenvalue weighted by Gasteiger charge is 2.22. The number of primary amides is 1. The third-order valence-corrected chi connectivity index (χ3v) is 1.14. The molecule has 1 atom stereocenters. The molecule has 10 heavy (non-hydrogen) atoms. The van der Waals surface area contributed by atoms with Crippen LogP contribution in [0.3, 0.4) is 0 Å². The van der Waals surface area contributed by atoms with Crippen LogP contribution in [0.15, 0.2) is 0 Å². The van der Waals surface area contributed by atoms with E-state index in [1.54, 1.807) is 13.8 Å². The molecular formula is C6H11NO3. The van der Waals surface area contributed by atoms with E-state index < -0.39 is 17.8 Å². The number of rotatable bonds is 3. The molecule has 0 aliphatic carbocycles. The van der Waals surface area contributed by atoms with E-state index >= 15 is 0 Å². The zero-order chi connectivity index (χ0) is 8.31. The Morgan fingerprint density at radius 1 is 1.40 bits per heavy atom. The van der Waals surface area contributed by atoms with E-state index in [1.807, 2.05) is 0 Å². The smallest absolute Gasteiger partial charge is 0.287 e. The van der Waals surface area contributed by atoms with Crippen molar-refractivity contribution < 1.29 is 14.7 Å². The van der Waals surface area contributed by atoms with Crippen molar-refractivity contribution in [2.24, 2.45) is 11.7 Å². The third kappa shape index (κ3) is 2.14. The first-order valence-electron chi connectivity index (χ1n) is 2.98. The van der Waals surface area contributed by atoms with Gasteiger partial charge in [0, 0.05) is 0 Å². The number of hydrogen-bond acceptors (Lipinski definition) is 3. The van der Waals surface area contributed by atoms with Gasteiger partial charge in [-0.05, 0) is 5.92 Å². The van der Waals surface area contributed by atoms with Crippen molar-refractivity contribution in [1.29, 1.82) is 0 Å². The summed E-state index contributed by atoms with van der Waals surface area (Å²) in [5, 5.41) is 8.91. The summed E-state index contributed by atoms with van der Waals surface area (Å²) in [5.74, 6) is -2.27. The van der Waals surface area contributed by atoms with E-state index in [0.717, 1.165) is 0 Å². The molecule has 0 radical (unpaired) electrons. The summed E-state index contributed by atoms with van der Waals surface area (Å²) in [6, 6.07) is 0. The van der Waals surface area contributed by atoms with Gasteiger partial charge in [0.1, 0.15) is 6.10 Å². The van der Waals surface area contributed by atoms with E-state index in [9.17, 15) is 9.59 Å². The van der Waals surface area contributed by atoms with Gasteiger partial charge in [-0.15, -0.1) is 0 Å². The van der Waals surface area contributed by atoms with E-state index in [4.69, 9.17) is 5.11 Å². The normalized spacial score (nSPS) is 13.2. The summed E-state index contributed by atoms with van der Waals surface area (Å²) in [4.78, 5) is 20.7. The van der Waals surface area contributed by atoms with Crippen molar-refractivity contribution in [3.63, 3.8) is 0 Å². The highest BCUT2D eigenvalue weighted by molar-refractivity contribution is 6.37. The van der Waals surface area contributed by atoms with Crippen molar-refractivity contribution in [2.75, 3.05) is 0 Å². The average molecular weight is 145 g/mol. The van der Waals surface area contributed by atoms with Crippen molar-refractivity contribution in [1.82, 2.24) is 0 Å². The predicted octanol–water partition coefficient (Wildman–Crippen LogP) is -0.942. The SMILES string of the molecule is CC(C)C(O)C(=O)C(N)=O. The second-order valence-corrected chi connectivity index (χ2v) is 2.42. The van der Waals surface area contributed by atoms with Crippen LogP contribution in [-0.2, 0) is 9.59 Å². The molecule has 0 aromatic heterocycles. The van der Waals surface area contributed by atoms with E-state index in [1.165, 1.54) is 0 Å². The summed E-state index contributed by atoms with van der Waals surface area (Å²) in [5.41, 5.74) is 4.63. The second-order valence-electron chi connectivity index (χ2n) is 2.42. The minimum Gasteiger partial charge on any atom is -0.384 e. The number of ketones is 1. The minimum absolute atomic E-state index is 0.264. The molecule has 3 N–H and O–H groups in total. The molecule has 0 aromatic carbocycles. The number of hydrogen-bond donors (Lipinski definition) is 2. The molecular weight excluding hydrogens is 134 g/mol. The number of carbonyl (C=O) groups excluding carboxylic acids is 2. The molecule has 0 rings (SSSR count). The highest BCUT2D eigenvalue weighted by atomic mass is 16.3. The van der Waals surface area contributed by atoms with Gasteiger partial charge in [0.05, 0.1) is 0 Å². The van der Waals surface area contributed by atoms with Crippen LogP contribution in [-0.4, -0.2) is 22.9 Å². The van der Waals surface area contributed by atoms with Crippen LogP contribution in [0, 0.1) is 5.92 Å². The molecule has 0 spiro atoms. The van der Waals surface area contributed by atoms with Gasteiger partial charge in [0.2, 0.25) is 5.78 Å². The van der Waals surface area contributed by atoms with Crippen molar-refractivity contribution in [3.8, 4) is 0 Å². The van der Waals surface area contributed by atoms with Gasteiger partial charge in [-0.3, -0.25) is 9.59 Å². The fraction of sp³-hybridized carbons (Fsp3) is 0.667. The Morgan fingerprint density at radius 2 is 1.80 bits per heavy atom. The number of Topliss-reactive ketones (excluding diaryl/α,β-unsaturated/α-hetero) is 1. The Kier molecular flexibility index (Phi) is 3.02. The molecule has 4 heteroatoms. The first-order valence-corrected chi connectivity index (χ1v) is 2.98. The summed E-state index contributed by atoms with van der Waals surface area (Å²) in [6.45, 7) is 3.26. The zero-order valence-electron chi connectivity index (χ0n) is 6.00. The van der Waals surface area contributed by atoms with Gasteiger partial charge in [0.15, 0.2) is 0 Å². The standard InChI is InChI=1S/C6H11NO3/c1-3(2)4(8)5(9)6(7)10/h3-4,8H,1-2H3,(H2,7,10). The lowest BCUT2D eigenvalue weighted by atomic mass is 10.0. The predicted molar refractivity (Wildman–Crippen MR) is 35.0 cm³/mol. The molecule has 0 fully saturated rings.